The maximum absolute atomic E-state index is 15.1. The van der Waals surface area contributed by atoms with Crippen molar-refractivity contribution >= 4 is 17.7 Å². The number of hydrogen-bond donors (Lipinski definition) is 0. The number of rotatable bonds is 2. The number of piperidine rings is 2. The van der Waals surface area contributed by atoms with E-state index in [1.165, 1.54) is 0 Å². The molecule has 0 N–H and O–H groups in total. The van der Waals surface area contributed by atoms with Crippen molar-refractivity contribution in [1.82, 2.24) is 15.1 Å². The van der Waals surface area contributed by atoms with Gasteiger partial charge in [0.05, 0.1) is 6.04 Å². The summed E-state index contributed by atoms with van der Waals surface area (Å²) < 4.78 is 26.3. The number of amides is 1. The fourth-order valence-electron chi connectivity index (χ4n) is 3.54. The minimum atomic E-state index is -1.30. The number of fused-ring (bicyclic) bond motifs is 2. The maximum Gasteiger partial charge on any atom is 0.410 e. The summed E-state index contributed by atoms with van der Waals surface area (Å²) in [6.07, 6.45) is 0.294. The lowest BCUT2D eigenvalue weighted by atomic mass is 9.82. The van der Waals surface area contributed by atoms with Crippen LogP contribution in [0.25, 0.3) is 0 Å². The highest BCUT2D eigenvalue weighted by Gasteiger charge is 2.49. The molecule has 2 aliphatic heterocycles. The zero-order valence-electron chi connectivity index (χ0n) is 14.6. The van der Waals surface area contributed by atoms with E-state index >= 15 is 4.39 Å². The van der Waals surface area contributed by atoms with E-state index in [0.29, 0.717) is 12.8 Å². The van der Waals surface area contributed by atoms with Crippen molar-refractivity contribution in [3.8, 4) is 5.88 Å². The van der Waals surface area contributed by atoms with E-state index in [0.717, 1.165) is 12.8 Å². The second-order valence-corrected chi connectivity index (χ2v) is 7.96. The SMILES string of the molecule is CC(C)(C)OC(=O)N1[C@@H]2CCC[C@H]1[C@H](F)[C@H](Oc1ccc(Cl)nn1)C2. The Morgan fingerprint density at radius 3 is 2.72 bits per heavy atom. The Bertz CT molecular complexity index is 623. The van der Waals surface area contributed by atoms with Gasteiger partial charge >= 0.3 is 6.09 Å². The molecular formula is C17H23ClFN3O3. The second-order valence-electron chi connectivity index (χ2n) is 7.57. The Morgan fingerprint density at radius 1 is 1.32 bits per heavy atom. The quantitative estimate of drug-likeness (QED) is 0.791. The van der Waals surface area contributed by atoms with Crippen molar-refractivity contribution in [3.63, 3.8) is 0 Å². The summed E-state index contributed by atoms with van der Waals surface area (Å²) in [7, 11) is 0. The molecule has 0 saturated carbocycles. The zero-order chi connectivity index (χ0) is 18.2. The average Bonchev–Trinajstić information content (AvgIpc) is 2.52. The summed E-state index contributed by atoms with van der Waals surface area (Å²) in [6.45, 7) is 5.42. The van der Waals surface area contributed by atoms with E-state index in [-0.39, 0.29) is 17.1 Å². The van der Waals surface area contributed by atoms with Crippen molar-refractivity contribution in [2.24, 2.45) is 0 Å². The van der Waals surface area contributed by atoms with Crippen LogP contribution in [0, 0.1) is 0 Å². The standard InChI is InChI=1S/C17H23ClFN3O3/c1-17(2,3)25-16(23)22-10-5-4-6-11(22)15(19)12(9-10)24-14-8-7-13(18)20-21-14/h7-8,10-12,15H,4-6,9H2,1-3H3/t10-,11+,12-,15+/m1/s1. The molecule has 1 amide bonds. The maximum atomic E-state index is 15.1. The number of carbonyl (C=O) groups excluding carboxylic acids is 1. The molecular weight excluding hydrogens is 349 g/mol. The molecule has 6 nitrogen and oxygen atoms in total. The first kappa shape index (κ1) is 18.2. The van der Waals surface area contributed by atoms with Gasteiger partial charge in [0, 0.05) is 18.5 Å². The number of ether oxygens (including phenoxy) is 2. The third-order valence-electron chi connectivity index (χ3n) is 4.50. The van der Waals surface area contributed by atoms with E-state index in [1.807, 2.05) is 20.8 Å². The second kappa shape index (κ2) is 6.94. The Balaban J connectivity index is 1.74. The fraction of sp³-hybridized carbons (Fsp3) is 0.706. The van der Waals surface area contributed by atoms with Gasteiger partial charge in [-0.1, -0.05) is 11.6 Å². The molecule has 0 aliphatic carbocycles. The highest BCUT2D eigenvalue weighted by molar-refractivity contribution is 6.29. The lowest BCUT2D eigenvalue weighted by Gasteiger charge is -2.49. The summed E-state index contributed by atoms with van der Waals surface area (Å²) in [5.41, 5.74) is -0.608. The largest absolute Gasteiger partial charge is 0.470 e. The molecule has 3 heterocycles. The van der Waals surface area contributed by atoms with E-state index in [1.54, 1.807) is 17.0 Å². The summed E-state index contributed by atoms with van der Waals surface area (Å²) in [4.78, 5) is 14.1. The van der Waals surface area contributed by atoms with Crippen LogP contribution in [0.15, 0.2) is 12.1 Å². The molecule has 1 aromatic heterocycles. The molecule has 4 atom stereocenters. The van der Waals surface area contributed by atoms with Crippen LogP contribution < -0.4 is 4.74 Å². The van der Waals surface area contributed by atoms with Crippen LogP contribution >= 0.6 is 11.6 Å². The van der Waals surface area contributed by atoms with Gasteiger partial charge < -0.3 is 9.47 Å². The summed E-state index contributed by atoms with van der Waals surface area (Å²) >= 11 is 5.71. The Hall–Kier alpha value is -1.63. The monoisotopic (exact) mass is 371 g/mol. The van der Waals surface area contributed by atoms with Crippen molar-refractivity contribution in [2.45, 2.75) is 76.4 Å². The topological polar surface area (TPSA) is 64.5 Å². The third kappa shape index (κ3) is 4.14. The van der Waals surface area contributed by atoms with Crippen molar-refractivity contribution in [1.29, 1.82) is 0 Å². The lowest BCUT2D eigenvalue weighted by molar-refractivity contribution is -0.0802. The van der Waals surface area contributed by atoms with Crippen LogP contribution in [0.5, 0.6) is 5.88 Å². The van der Waals surface area contributed by atoms with Crippen LogP contribution in [0.3, 0.4) is 0 Å². The van der Waals surface area contributed by atoms with Crippen molar-refractivity contribution in [3.05, 3.63) is 17.3 Å². The molecule has 0 aromatic carbocycles. The minimum absolute atomic E-state index is 0.0918. The number of hydrogen-bond acceptors (Lipinski definition) is 5. The van der Waals surface area contributed by atoms with Gasteiger partial charge in [0.1, 0.15) is 11.7 Å². The molecule has 0 radical (unpaired) electrons. The lowest BCUT2D eigenvalue weighted by Crippen LogP contribution is -2.63. The van der Waals surface area contributed by atoms with E-state index in [2.05, 4.69) is 10.2 Å². The highest BCUT2D eigenvalue weighted by Crippen LogP contribution is 2.38. The van der Waals surface area contributed by atoms with Gasteiger partial charge in [-0.25, -0.2) is 9.18 Å². The van der Waals surface area contributed by atoms with E-state index in [4.69, 9.17) is 21.1 Å². The van der Waals surface area contributed by atoms with Crippen LogP contribution in [0.2, 0.25) is 5.15 Å². The zero-order valence-corrected chi connectivity index (χ0v) is 15.4. The number of aromatic nitrogens is 2. The minimum Gasteiger partial charge on any atom is -0.470 e. The van der Waals surface area contributed by atoms with E-state index < -0.39 is 30.0 Å². The molecule has 3 rings (SSSR count). The molecule has 0 spiro atoms. The van der Waals surface area contributed by atoms with E-state index in [9.17, 15) is 4.79 Å². The summed E-state index contributed by atoms with van der Waals surface area (Å²) in [6, 6.07) is 2.49. The van der Waals surface area contributed by atoms with Gasteiger partial charge in [-0.3, -0.25) is 4.90 Å². The Labute approximate surface area is 151 Å². The van der Waals surface area contributed by atoms with Gasteiger partial charge in [0.25, 0.3) is 0 Å². The summed E-state index contributed by atoms with van der Waals surface area (Å²) in [5.74, 6) is 0.237. The smallest absolute Gasteiger partial charge is 0.410 e. The Kier molecular flexibility index (Phi) is 5.04. The molecule has 1 aromatic rings. The van der Waals surface area contributed by atoms with Crippen molar-refractivity contribution < 1.29 is 18.7 Å². The van der Waals surface area contributed by atoms with Gasteiger partial charge in [-0.05, 0) is 46.1 Å². The number of nitrogens with zero attached hydrogens (tertiary/aromatic N) is 3. The van der Waals surface area contributed by atoms with Gasteiger partial charge in [-0.15, -0.1) is 10.2 Å². The molecule has 2 aliphatic rings. The van der Waals surface area contributed by atoms with Crippen LogP contribution in [0.4, 0.5) is 9.18 Å². The first-order valence-electron chi connectivity index (χ1n) is 8.56. The number of carbonyl (C=O) groups is 1. The fourth-order valence-corrected chi connectivity index (χ4v) is 3.64. The normalized spacial score (nSPS) is 29.2. The first-order chi connectivity index (χ1) is 11.7. The Morgan fingerprint density at radius 2 is 2.08 bits per heavy atom. The predicted molar refractivity (Wildman–Crippen MR) is 90.5 cm³/mol. The average molecular weight is 372 g/mol. The summed E-state index contributed by atoms with van der Waals surface area (Å²) in [5, 5.41) is 7.79. The number of alkyl halides is 1. The molecule has 2 saturated heterocycles. The van der Waals surface area contributed by atoms with Crippen molar-refractivity contribution in [2.75, 3.05) is 0 Å². The molecule has 138 valence electrons. The third-order valence-corrected chi connectivity index (χ3v) is 4.70. The van der Waals surface area contributed by atoms with Gasteiger partial charge in [0.15, 0.2) is 11.3 Å². The molecule has 25 heavy (non-hydrogen) atoms. The first-order valence-corrected chi connectivity index (χ1v) is 8.93. The van der Waals surface area contributed by atoms with Crippen LogP contribution in [-0.4, -0.2) is 51.2 Å². The van der Waals surface area contributed by atoms with Gasteiger partial charge in [-0.2, -0.15) is 0 Å². The predicted octanol–water partition coefficient (Wildman–Crippen LogP) is 3.78. The van der Waals surface area contributed by atoms with Gasteiger partial charge in [0.2, 0.25) is 5.88 Å². The van der Waals surface area contributed by atoms with Crippen LogP contribution in [-0.2, 0) is 4.74 Å². The highest BCUT2D eigenvalue weighted by atomic mass is 35.5. The number of halogens is 2. The van der Waals surface area contributed by atoms with Crippen LogP contribution in [0.1, 0.15) is 46.5 Å². The molecule has 2 fully saturated rings. The molecule has 0 unspecified atom stereocenters. The molecule has 8 heteroatoms. The molecule has 2 bridgehead atoms.